The van der Waals surface area contributed by atoms with Crippen LogP contribution in [0.4, 0.5) is 0 Å². The Kier molecular flexibility index (Phi) is 4.11. The largest absolute Gasteiger partial charge is 0.303 e. The summed E-state index contributed by atoms with van der Waals surface area (Å²) in [4.78, 5) is 11.4. The van der Waals surface area contributed by atoms with E-state index in [0.29, 0.717) is 5.92 Å². The Labute approximate surface area is 86.2 Å². The van der Waals surface area contributed by atoms with Crippen molar-refractivity contribution >= 4 is 11.5 Å². The monoisotopic (exact) mass is 196 g/mol. The average Bonchev–Trinajstić information content (AvgIpc) is 2.15. The third-order valence-electron chi connectivity index (χ3n) is 2.66. The van der Waals surface area contributed by atoms with Gasteiger partial charge in [-0.1, -0.05) is 19.3 Å². The van der Waals surface area contributed by atoms with Crippen LogP contribution in [0.1, 0.15) is 39.0 Å². The molecule has 80 valence electrons. The Morgan fingerprint density at radius 1 is 1.21 bits per heavy atom. The van der Waals surface area contributed by atoms with E-state index in [2.05, 4.69) is 5.10 Å². The first kappa shape index (κ1) is 11.2. The zero-order chi connectivity index (χ0) is 10.6. The maximum absolute atomic E-state index is 11.4. The van der Waals surface area contributed by atoms with E-state index < -0.39 is 0 Å². The van der Waals surface area contributed by atoms with Crippen LogP contribution >= 0.6 is 0 Å². The molecule has 0 N–H and O–H groups in total. The summed E-state index contributed by atoms with van der Waals surface area (Å²) in [5.41, 5.74) is 0.773. The normalized spacial score (nSPS) is 19.5. The quantitative estimate of drug-likeness (QED) is 0.511. The van der Waals surface area contributed by atoms with Crippen LogP contribution in [0.3, 0.4) is 0 Å². The van der Waals surface area contributed by atoms with Crippen molar-refractivity contribution in [3.05, 3.63) is 0 Å². The van der Waals surface area contributed by atoms with Gasteiger partial charge in [0.05, 0.1) is 0 Å². The van der Waals surface area contributed by atoms with Crippen LogP contribution in [0.15, 0.2) is 5.10 Å². The number of carbonyl (C=O) groups is 1. The van der Waals surface area contributed by atoms with Crippen LogP contribution in [0.5, 0.6) is 0 Å². The number of carbonyl (C=O) groups excluding carboxylic acids is 1. The number of hydrazone groups is 1. The first-order chi connectivity index (χ1) is 6.61. The van der Waals surface area contributed by atoms with E-state index in [4.69, 9.17) is 0 Å². The van der Waals surface area contributed by atoms with Crippen molar-refractivity contribution in [3.8, 4) is 0 Å². The molecule has 0 amide bonds. The Bertz CT molecular complexity index is 227. The summed E-state index contributed by atoms with van der Waals surface area (Å²) in [6.45, 7) is 1.62. The molecule has 0 unspecified atom stereocenters. The van der Waals surface area contributed by atoms with Crippen molar-refractivity contribution in [1.82, 2.24) is 5.01 Å². The summed E-state index contributed by atoms with van der Waals surface area (Å²) in [6, 6.07) is 0. The van der Waals surface area contributed by atoms with E-state index in [0.717, 1.165) is 18.6 Å². The third kappa shape index (κ3) is 3.13. The molecule has 0 aromatic carbocycles. The van der Waals surface area contributed by atoms with Gasteiger partial charge in [0.2, 0.25) is 0 Å². The average molecular weight is 196 g/mol. The van der Waals surface area contributed by atoms with Gasteiger partial charge in [-0.2, -0.15) is 5.10 Å². The molecular weight excluding hydrogens is 176 g/mol. The van der Waals surface area contributed by atoms with Gasteiger partial charge in [-0.15, -0.1) is 0 Å². The molecule has 0 heterocycles. The Balaban J connectivity index is 2.71. The maximum Gasteiger partial charge on any atom is 0.176 e. The maximum atomic E-state index is 11.4. The molecule has 0 saturated heterocycles. The molecule has 0 aliphatic heterocycles. The van der Waals surface area contributed by atoms with Gasteiger partial charge in [0.25, 0.3) is 0 Å². The second kappa shape index (κ2) is 5.13. The van der Waals surface area contributed by atoms with Crippen LogP contribution in [0.2, 0.25) is 0 Å². The van der Waals surface area contributed by atoms with Crippen LogP contribution in [-0.4, -0.2) is 30.6 Å². The van der Waals surface area contributed by atoms with E-state index in [-0.39, 0.29) is 5.78 Å². The number of hydrogen-bond donors (Lipinski definition) is 0. The van der Waals surface area contributed by atoms with Crippen molar-refractivity contribution in [1.29, 1.82) is 0 Å². The van der Waals surface area contributed by atoms with E-state index in [9.17, 15) is 4.79 Å². The summed E-state index contributed by atoms with van der Waals surface area (Å²) < 4.78 is 0. The molecule has 1 aliphatic carbocycles. The lowest BCUT2D eigenvalue weighted by Gasteiger charge is -2.22. The van der Waals surface area contributed by atoms with Gasteiger partial charge in [0.15, 0.2) is 5.78 Å². The molecule has 3 heteroatoms. The van der Waals surface area contributed by atoms with Crippen molar-refractivity contribution in [2.24, 2.45) is 11.0 Å². The summed E-state index contributed by atoms with van der Waals surface area (Å²) in [7, 11) is 3.73. The SMILES string of the molecule is CC(=O)C(=NN(C)C)C1CCCCC1. The van der Waals surface area contributed by atoms with E-state index in [1.807, 2.05) is 14.1 Å². The Hall–Kier alpha value is -0.860. The molecule has 1 fully saturated rings. The molecule has 0 aromatic heterocycles. The first-order valence-electron chi connectivity index (χ1n) is 5.38. The van der Waals surface area contributed by atoms with Gasteiger partial charge < -0.3 is 5.01 Å². The fourth-order valence-electron chi connectivity index (χ4n) is 2.03. The van der Waals surface area contributed by atoms with Gasteiger partial charge in [0, 0.05) is 26.9 Å². The van der Waals surface area contributed by atoms with E-state index >= 15 is 0 Å². The highest BCUT2D eigenvalue weighted by molar-refractivity contribution is 6.39. The standard InChI is InChI=1S/C11H20N2O/c1-9(14)11(12-13(2)3)10-7-5-4-6-8-10/h10H,4-8H2,1-3H3. The minimum Gasteiger partial charge on any atom is -0.303 e. The van der Waals surface area contributed by atoms with E-state index in [1.54, 1.807) is 11.9 Å². The molecule has 1 saturated carbocycles. The van der Waals surface area contributed by atoms with Gasteiger partial charge >= 0.3 is 0 Å². The molecule has 0 aromatic rings. The molecule has 1 aliphatic rings. The summed E-state index contributed by atoms with van der Waals surface area (Å²) in [6.07, 6.45) is 6.05. The van der Waals surface area contributed by atoms with Gasteiger partial charge in [-0.05, 0) is 12.8 Å². The molecule has 3 nitrogen and oxygen atoms in total. The second-order valence-corrected chi connectivity index (χ2v) is 4.22. The Morgan fingerprint density at radius 3 is 2.21 bits per heavy atom. The van der Waals surface area contributed by atoms with Gasteiger partial charge in [-0.3, -0.25) is 4.79 Å². The van der Waals surface area contributed by atoms with Crippen molar-refractivity contribution in [2.75, 3.05) is 14.1 Å². The topological polar surface area (TPSA) is 32.7 Å². The second-order valence-electron chi connectivity index (χ2n) is 4.22. The van der Waals surface area contributed by atoms with Crippen LogP contribution in [0, 0.1) is 5.92 Å². The molecule has 0 radical (unpaired) electrons. The smallest absolute Gasteiger partial charge is 0.176 e. The van der Waals surface area contributed by atoms with Crippen LogP contribution in [-0.2, 0) is 4.79 Å². The highest BCUT2D eigenvalue weighted by Gasteiger charge is 2.22. The zero-order valence-corrected chi connectivity index (χ0v) is 9.42. The fourth-order valence-corrected chi connectivity index (χ4v) is 2.03. The molecule has 1 rings (SSSR count). The number of nitrogens with zero attached hydrogens (tertiary/aromatic N) is 2. The minimum atomic E-state index is 0.130. The molecule has 0 spiro atoms. The fraction of sp³-hybridized carbons (Fsp3) is 0.818. The van der Waals surface area contributed by atoms with E-state index in [1.165, 1.54) is 19.3 Å². The molecule has 0 atom stereocenters. The predicted octanol–water partition coefficient (Wildman–Crippen LogP) is 2.07. The summed E-state index contributed by atoms with van der Waals surface area (Å²) in [5, 5.41) is 6.03. The van der Waals surface area contributed by atoms with Crippen molar-refractivity contribution in [3.63, 3.8) is 0 Å². The highest BCUT2D eigenvalue weighted by atomic mass is 16.1. The number of hydrogen-bond acceptors (Lipinski definition) is 3. The van der Waals surface area contributed by atoms with Crippen LogP contribution < -0.4 is 0 Å². The van der Waals surface area contributed by atoms with Gasteiger partial charge in [-0.25, -0.2) is 0 Å². The lowest BCUT2D eigenvalue weighted by atomic mass is 9.84. The third-order valence-corrected chi connectivity index (χ3v) is 2.66. The van der Waals surface area contributed by atoms with Crippen molar-refractivity contribution < 1.29 is 4.79 Å². The predicted molar refractivity (Wildman–Crippen MR) is 58.4 cm³/mol. The highest BCUT2D eigenvalue weighted by Crippen LogP contribution is 2.25. The number of Topliss-reactive ketones (excluding diaryl/α,β-unsaturated/α-hetero) is 1. The number of rotatable bonds is 3. The first-order valence-corrected chi connectivity index (χ1v) is 5.38. The summed E-state index contributed by atoms with van der Waals surface area (Å²) in [5.74, 6) is 0.536. The van der Waals surface area contributed by atoms with Crippen LogP contribution in [0.25, 0.3) is 0 Å². The molecule has 14 heavy (non-hydrogen) atoms. The van der Waals surface area contributed by atoms with Gasteiger partial charge in [0.1, 0.15) is 5.71 Å². The number of ketones is 1. The molecule has 0 bridgehead atoms. The Morgan fingerprint density at radius 2 is 1.79 bits per heavy atom. The molecular formula is C11H20N2O. The van der Waals surface area contributed by atoms with Crippen molar-refractivity contribution in [2.45, 2.75) is 39.0 Å². The summed E-state index contributed by atoms with van der Waals surface area (Å²) >= 11 is 0. The lowest BCUT2D eigenvalue weighted by Crippen LogP contribution is -2.26. The lowest BCUT2D eigenvalue weighted by molar-refractivity contribution is -0.111. The zero-order valence-electron chi connectivity index (χ0n) is 9.42. The minimum absolute atomic E-state index is 0.130.